The van der Waals surface area contributed by atoms with Crippen molar-refractivity contribution in [3.63, 3.8) is 0 Å². The predicted molar refractivity (Wildman–Crippen MR) is 181 cm³/mol. The molecular formula is C40H46F2N2O2. The first-order chi connectivity index (χ1) is 22.4. The maximum absolute atomic E-state index is 15.0. The first-order valence-electron chi connectivity index (χ1n) is 16.9. The highest BCUT2D eigenvalue weighted by atomic mass is 19.1. The minimum Gasteiger partial charge on any atom is -0.486 e. The molecule has 2 saturated heterocycles. The fraction of sp³-hybridized carbons (Fsp3) is 0.400. The van der Waals surface area contributed by atoms with Crippen LogP contribution in [0.25, 0.3) is 11.1 Å². The van der Waals surface area contributed by atoms with E-state index in [4.69, 9.17) is 9.47 Å². The van der Waals surface area contributed by atoms with Gasteiger partial charge in [0.2, 0.25) is 0 Å². The Morgan fingerprint density at radius 3 is 1.35 bits per heavy atom. The third kappa shape index (κ3) is 7.97. The topological polar surface area (TPSA) is 24.9 Å². The quantitative estimate of drug-likeness (QED) is 0.166. The fourth-order valence-electron chi connectivity index (χ4n) is 6.85. The molecule has 4 nitrogen and oxygen atoms in total. The van der Waals surface area contributed by atoms with E-state index in [0.29, 0.717) is 0 Å². The van der Waals surface area contributed by atoms with Gasteiger partial charge in [-0.05, 0) is 134 Å². The highest BCUT2D eigenvalue weighted by Crippen LogP contribution is 2.32. The zero-order chi connectivity index (χ0) is 31.9. The lowest BCUT2D eigenvalue weighted by atomic mass is 9.92. The van der Waals surface area contributed by atoms with E-state index in [1.165, 1.54) is 38.5 Å². The second-order valence-electron chi connectivity index (χ2n) is 13.0. The maximum atomic E-state index is 15.0. The number of benzene rings is 4. The summed E-state index contributed by atoms with van der Waals surface area (Å²) in [7, 11) is 0. The molecule has 6 heteroatoms. The molecule has 2 aliphatic heterocycles. The zero-order valence-electron chi connectivity index (χ0n) is 27.3. The predicted octanol–water partition coefficient (Wildman–Crippen LogP) is 9.38. The minimum atomic E-state index is -0.320. The fourth-order valence-corrected chi connectivity index (χ4v) is 6.85. The molecule has 0 amide bonds. The van der Waals surface area contributed by atoms with Gasteiger partial charge in [0, 0.05) is 13.1 Å². The molecule has 0 bridgehead atoms. The van der Waals surface area contributed by atoms with Crippen molar-refractivity contribution in [2.24, 2.45) is 0 Å². The summed E-state index contributed by atoms with van der Waals surface area (Å²) in [5.41, 5.74) is 8.32. The first kappa shape index (κ1) is 32.2. The van der Waals surface area contributed by atoms with Crippen LogP contribution in [0, 0.1) is 25.5 Å². The summed E-state index contributed by atoms with van der Waals surface area (Å²) >= 11 is 0. The number of hydrogen-bond acceptors (Lipinski definition) is 4. The summed E-state index contributed by atoms with van der Waals surface area (Å²) in [6.45, 7) is 10.6. The van der Waals surface area contributed by atoms with Crippen LogP contribution in [-0.4, -0.2) is 36.0 Å². The third-order valence-corrected chi connectivity index (χ3v) is 9.65. The van der Waals surface area contributed by atoms with Crippen LogP contribution in [0.2, 0.25) is 0 Å². The molecular weight excluding hydrogens is 578 g/mol. The molecule has 0 unspecified atom stereocenters. The SMILES string of the molecule is Cc1c(COc2ccc(CN3CCCCC3)cc2F)cccc1-c1cccc(COc2ccc(CN3CCCCC3)cc2F)c1C. The van der Waals surface area contributed by atoms with Crippen molar-refractivity contribution in [2.45, 2.75) is 78.7 Å². The summed E-state index contributed by atoms with van der Waals surface area (Å²) in [6, 6.07) is 23.0. The second-order valence-corrected chi connectivity index (χ2v) is 13.0. The lowest BCUT2D eigenvalue weighted by Crippen LogP contribution is -2.29. The van der Waals surface area contributed by atoms with E-state index in [1.54, 1.807) is 24.3 Å². The average molecular weight is 625 g/mol. The number of hydrogen-bond donors (Lipinski definition) is 0. The molecule has 0 spiro atoms. The maximum Gasteiger partial charge on any atom is 0.165 e. The van der Waals surface area contributed by atoms with Crippen LogP contribution in [0.4, 0.5) is 8.78 Å². The third-order valence-electron chi connectivity index (χ3n) is 9.65. The smallest absolute Gasteiger partial charge is 0.165 e. The van der Waals surface area contributed by atoms with Crippen molar-refractivity contribution >= 4 is 0 Å². The molecule has 46 heavy (non-hydrogen) atoms. The lowest BCUT2D eigenvalue weighted by molar-refractivity contribution is 0.220. The molecule has 242 valence electrons. The molecule has 0 aromatic heterocycles. The Labute approximate surface area is 273 Å². The first-order valence-corrected chi connectivity index (χ1v) is 16.9. The van der Waals surface area contributed by atoms with E-state index in [1.807, 2.05) is 36.4 Å². The second kappa shape index (κ2) is 15.2. The molecule has 0 atom stereocenters. The molecule has 0 radical (unpaired) electrons. The molecule has 2 aliphatic rings. The molecule has 0 saturated carbocycles. The van der Waals surface area contributed by atoms with Crippen molar-refractivity contribution in [3.05, 3.63) is 118 Å². The molecule has 0 N–H and O–H groups in total. The van der Waals surface area contributed by atoms with Crippen LogP contribution >= 0.6 is 0 Å². The van der Waals surface area contributed by atoms with E-state index in [0.717, 1.165) is 83.8 Å². The molecule has 6 rings (SSSR count). The van der Waals surface area contributed by atoms with Gasteiger partial charge in [-0.2, -0.15) is 0 Å². The van der Waals surface area contributed by atoms with E-state index in [2.05, 4.69) is 35.8 Å². The number of halogens is 2. The van der Waals surface area contributed by atoms with Crippen molar-refractivity contribution in [1.82, 2.24) is 9.80 Å². The van der Waals surface area contributed by atoms with E-state index >= 15 is 8.78 Å². The summed E-state index contributed by atoms with van der Waals surface area (Å²) in [5.74, 6) is -0.0940. The summed E-state index contributed by atoms with van der Waals surface area (Å²) in [5, 5.41) is 0. The van der Waals surface area contributed by atoms with Crippen LogP contribution in [0.1, 0.15) is 71.9 Å². The van der Waals surface area contributed by atoms with Crippen LogP contribution in [-0.2, 0) is 26.3 Å². The van der Waals surface area contributed by atoms with Gasteiger partial charge in [-0.3, -0.25) is 9.80 Å². The lowest BCUT2D eigenvalue weighted by Gasteiger charge is -2.26. The Kier molecular flexibility index (Phi) is 10.7. The Balaban J connectivity index is 1.10. The highest BCUT2D eigenvalue weighted by molar-refractivity contribution is 5.72. The summed E-state index contributed by atoms with van der Waals surface area (Å²) in [4.78, 5) is 4.78. The molecule has 4 aromatic carbocycles. The van der Waals surface area contributed by atoms with Gasteiger partial charge in [-0.1, -0.05) is 61.4 Å². The summed E-state index contributed by atoms with van der Waals surface area (Å²) < 4.78 is 42.0. The van der Waals surface area contributed by atoms with Gasteiger partial charge in [0.1, 0.15) is 13.2 Å². The van der Waals surface area contributed by atoms with Crippen molar-refractivity contribution in [3.8, 4) is 22.6 Å². The van der Waals surface area contributed by atoms with Gasteiger partial charge in [0.25, 0.3) is 0 Å². The van der Waals surface area contributed by atoms with Gasteiger partial charge in [-0.25, -0.2) is 8.78 Å². The minimum absolute atomic E-state index is 0.272. The number of piperidine rings is 2. The molecule has 2 fully saturated rings. The molecule has 0 aliphatic carbocycles. The van der Waals surface area contributed by atoms with Gasteiger partial charge in [-0.15, -0.1) is 0 Å². The normalized spacial score (nSPS) is 16.0. The van der Waals surface area contributed by atoms with Crippen LogP contribution in [0.3, 0.4) is 0 Å². The van der Waals surface area contributed by atoms with Crippen molar-refractivity contribution in [1.29, 1.82) is 0 Å². The standard InChI is InChI=1S/C40H46F2N2O2/c1-29-33(27-45-39-17-15-31(23-37(39)41)25-43-19-5-3-6-20-43)11-9-13-35(29)36-14-10-12-34(30(36)2)28-46-40-18-16-32(24-38(40)42)26-44-21-7-4-8-22-44/h9-18,23-24H,3-8,19-22,25-28H2,1-2H3. The average Bonchev–Trinajstić information content (AvgIpc) is 3.06. The van der Waals surface area contributed by atoms with Gasteiger partial charge < -0.3 is 9.47 Å². The Morgan fingerprint density at radius 2 is 0.957 bits per heavy atom. The van der Waals surface area contributed by atoms with Crippen LogP contribution in [0.5, 0.6) is 11.5 Å². The molecule has 4 aromatic rings. The molecule has 2 heterocycles. The Morgan fingerprint density at radius 1 is 0.543 bits per heavy atom. The van der Waals surface area contributed by atoms with E-state index in [-0.39, 0.29) is 36.3 Å². The zero-order valence-corrected chi connectivity index (χ0v) is 27.3. The Bertz CT molecular complexity index is 1510. The number of rotatable bonds is 11. The highest BCUT2D eigenvalue weighted by Gasteiger charge is 2.16. The number of nitrogens with zero attached hydrogens (tertiary/aromatic N) is 2. The van der Waals surface area contributed by atoms with E-state index in [9.17, 15) is 0 Å². The monoisotopic (exact) mass is 624 g/mol. The van der Waals surface area contributed by atoms with Crippen molar-refractivity contribution < 1.29 is 18.3 Å². The van der Waals surface area contributed by atoms with Crippen molar-refractivity contribution in [2.75, 3.05) is 26.2 Å². The summed E-state index contributed by atoms with van der Waals surface area (Å²) in [6.07, 6.45) is 7.43. The van der Waals surface area contributed by atoms with E-state index < -0.39 is 0 Å². The van der Waals surface area contributed by atoms with Gasteiger partial charge >= 0.3 is 0 Å². The Hall–Kier alpha value is -3.74. The number of ether oxygens (including phenoxy) is 2. The van der Waals surface area contributed by atoms with Crippen LogP contribution < -0.4 is 9.47 Å². The van der Waals surface area contributed by atoms with Crippen LogP contribution in [0.15, 0.2) is 72.8 Å². The van der Waals surface area contributed by atoms with Gasteiger partial charge in [0.15, 0.2) is 23.1 Å². The number of likely N-dealkylation sites (tertiary alicyclic amines) is 2. The van der Waals surface area contributed by atoms with Gasteiger partial charge in [0.05, 0.1) is 0 Å². The largest absolute Gasteiger partial charge is 0.486 e.